The number of hydrogen-bond donors (Lipinski definition) is 1. The van der Waals surface area contributed by atoms with Crippen molar-refractivity contribution in [3.63, 3.8) is 0 Å². The SMILES string of the molecule is Cc1cc(OC2CCCCC2)c(C(=O)O)s1. The number of hydrogen-bond acceptors (Lipinski definition) is 3. The highest BCUT2D eigenvalue weighted by Gasteiger charge is 2.20. The summed E-state index contributed by atoms with van der Waals surface area (Å²) < 4.78 is 5.80. The minimum Gasteiger partial charge on any atom is -0.489 e. The summed E-state index contributed by atoms with van der Waals surface area (Å²) in [5.74, 6) is -0.328. The largest absolute Gasteiger partial charge is 0.489 e. The maximum Gasteiger partial charge on any atom is 0.349 e. The van der Waals surface area contributed by atoms with Gasteiger partial charge in [-0.3, -0.25) is 0 Å². The molecule has 1 aliphatic carbocycles. The molecule has 1 saturated carbocycles. The third-order valence-corrected chi connectivity index (χ3v) is 3.88. The first-order chi connectivity index (χ1) is 7.66. The van der Waals surface area contributed by atoms with Gasteiger partial charge in [-0.1, -0.05) is 6.42 Å². The van der Waals surface area contributed by atoms with Gasteiger partial charge in [0, 0.05) is 4.88 Å². The number of rotatable bonds is 3. The Hall–Kier alpha value is -1.03. The molecule has 0 bridgehead atoms. The summed E-state index contributed by atoms with van der Waals surface area (Å²) in [6.45, 7) is 1.91. The van der Waals surface area contributed by atoms with Crippen molar-refractivity contribution >= 4 is 17.3 Å². The van der Waals surface area contributed by atoms with Crippen LogP contribution >= 0.6 is 11.3 Å². The first-order valence-corrected chi connectivity index (χ1v) is 6.49. The Morgan fingerprint density at radius 2 is 2.12 bits per heavy atom. The lowest BCUT2D eigenvalue weighted by Gasteiger charge is -2.22. The highest BCUT2D eigenvalue weighted by Crippen LogP contribution is 2.32. The van der Waals surface area contributed by atoms with E-state index in [2.05, 4.69) is 0 Å². The van der Waals surface area contributed by atoms with Crippen LogP contribution in [-0.2, 0) is 0 Å². The summed E-state index contributed by atoms with van der Waals surface area (Å²) in [7, 11) is 0. The van der Waals surface area contributed by atoms with Crippen LogP contribution in [0.15, 0.2) is 6.07 Å². The third kappa shape index (κ3) is 2.55. The van der Waals surface area contributed by atoms with E-state index in [9.17, 15) is 4.79 Å². The number of carboxylic acid groups (broad SMARTS) is 1. The smallest absolute Gasteiger partial charge is 0.349 e. The quantitative estimate of drug-likeness (QED) is 0.880. The second kappa shape index (κ2) is 4.87. The molecular formula is C12H16O3S. The van der Waals surface area contributed by atoms with Crippen LogP contribution in [0, 0.1) is 6.92 Å². The second-order valence-electron chi connectivity index (χ2n) is 4.23. The van der Waals surface area contributed by atoms with Crippen LogP contribution in [-0.4, -0.2) is 17.2 Å². The van der Waals surface area contributed by atoms with Gasteiger partial charge in [0.1, 0.15) is 5.75 Å². The zero-order chi connectivity index (χ0) is 11.5. The lowest BCUT2D eigenvalue weighted by Crippen LogP contribution is -2.20. The number of ether oxygens (including phenoxy) is 1. The van der Waals surface area contributed by atoms with E-state index in [1.807, 2.05) is 13.0 Å². The van der Waals surface area contributed by atoms with E-state index >= 15 is 0 Å². The molecule has 1 aromatic heterocycles. The molecule has 0 amide bonds. The van der Waals surface area contributed by atoms with Crippen LogP contribution < -0.4 is 4.74 Å². The summed E-state index contributed by atoms with van der Waals surface area (Å²) in [5, 5.41) is 9.04. The van der Waals surface area contributed by atoms with Crippen molar-refractivity contribution in [1.29, 1.82) is 0 Å². The number of carbonyl (C=O) groups is 1. The zero-order valence-corrected chi connectivity index (χ0v) is 10.2. The molecule has 0 radical (unpaired) electrons. The molecule has 88 valence electrons. The van der Waals surface area contributed by atoms with Crippen molar-refractivity contribution < 1.29 is 14.6 Å². The van der Waals surface area contributed by atoms with Gasteiger partial charge in [-0.15, -0.1) is 11.3 Å². The van der Waals surface area contributed by atoms with E-state index in [1.54, 1.807) is 0 Å². The third-order valence-electron chi connectivity index (χ3n) is 2.86. The molecule has 3 nitrogen and oxygen atoms in total. The van der Waals surface area contributed by atoms with E-state index in [1.165, 1.54) is 30.6 Å². The summed E-state index contributed by atoms with van der Waals surface area (Å²) >= 11 is 1.29. The minimum absolute atomic E-state index is 0.209. The molecule has 0 aliphatic heterocycles. The Bertz CT molecular complexity index is 378. The molecule has 1 aliphatic rings. The predicted molar refractivity (Wildman–Crippen MR) is 63.5 cm³/mol. The Labute approximate surface area is 99.1 Å². The maximum absolute atomic E-state index is 11.0. The lowest BCUT2D eigenvalue weighted by molar-refractivity contribution is 0.0692. The van der Waals surface area contributed by atoms with E-state index in [0.717, 1.165) is 17.7 Å². The van der Waals surface area contributed by atoms with Crippen LogP contribution in [0.1, 0.15) is 46.7 Å². The molecule has 0 saturated heterocycles. The Morgan fingerprint density at radius 3 is 2.75 bits per heavy atom. The molecule has 0 spiro atoms. The normalized spacial score (nSPS) is 17.3. The Balaban J connectivity index is 2.10. The molecule has 1 heterocycles. The van der Waals surface area contributed by atoms with Crippen LogP contribution in [0.3, 0.4) is 0 Å². The topological polar surface area (TPSA) is 46.5 Å². The fourth-order valence-corrected chi connectivity index (χ4v) is 2.87. The molecule has 1 fully saturated rings. The second-order valence-corrected chi connectivity index (χ2v) is 5.49. The van der Waals surface area contributed by atoms with Crippen LogP contribution in [0.4, 0.5) is 0 Å². The van der Waals surface area contributed by atoms with Gasteiger partial charge >= 0.3 is 5.97 Å². The van der Waals surface area contributed by atoms with Gasteiger partial charge in [-0.05, 0) is 38.7 Å². The Morgan fingerprint density at radius 1 is 1.44 bits per heavy atom. The van der Waals surface area contributed by atoms with Gasteiger partial charge < -0.3 is 9.84 Å². The van der Waals surface area contributed by atoms with Crippen LogP contribution in [0.2, 0.25) is 0 Å². The van der Waals surface area contributed by atoms with E-state index in [4.69, 9.17) is 9.84 Å². The van der Waals surface area contributed by atoms with Crippen molar-refractivity contribution in [3.8, 4) is 5.75 Å². The van der Waals surface area contributed by atoms with Gasteiger partial charge in [0.15, 0.2) is 4.88 Å². The fourth-order valence-electron chi connectivity index (χ4n) is 2.09. The first kappa shape index (κ1) is 11.5. The maximum atomic E-state index is 11.0. The van der Waals surface area contributed by atoms with Gasteiger partial charge in [-0.25, -0.2) is 4.79 Å². The van der Waals surface area contributed by atoms with Gasteiger partial charge in [-0.2, -0.15) is 0 Å². The number of aryl methyl sites for hydroxylation is 1. The standard InChI is InChI=1S/C12H16O3S/c1-8-7-10(11(16-8)12(13)14)15-9-5-3-2-4-6-9/h7,9H,2-6H2,1H3,(H,13,14). The van der Waals surface area contributed by atoms with Gasteiger partial charge in [0.05, 0.1) is 6.10 Å². The number of thiophene rings is 1. The number of aromatic carboxylic acids is 1. The first-order valence-electron chi connectivity index (χ1n) is 5.67. The molecule has 2 rings (SSSR count). The summed E-state index contributed by atoms with van der Waals surface area (Å²) in [6, 6.07) is 1.84. The number of carboxylic acids is 1. The minimum atomic E-state index is -0.885. The van der Waals surface area contributed by atoms with Crippen LogP contribution in [0.5, 0.6) is 5.75 Å². The van der Waals surface area contributed by atoms with Gasteiger partial charge in [0.2, 0.25) is 0 Å². The highest BCUT2D eigenvalue weighted by atomic mass is 32.1. The summed E-state index contributed by atoms with van der Waals surface area (Å²) in [5.41, 5.74) is 0. The van der Waals surface area contributed by atoms with E-state index < -0.39 is 5.97 Å². The van der Waals surface area contributed by atoms with Crippen molar-refractivity contribution in [2.24, 2.45) is 0 Å². The van der Waals surface area contributed by atoms with Crippen molar-refractivity contribution in [2.45, 2.75) is 45.1 Å². The molecule has 16 heavy (non-hydrogen) atoms. The molecule has 0 unspecified atom stereocenters. The van der Waals surface area contributed by atoms with E-state index in [0.29, 0.717) is 10.6 Å². The van der Waals surface area contributed by atoms with Gasteiger partial charge in [0.25, 0.3) is 0 Å². The molecule has 0 aromatic carbocycles. The molecule has 1 N–H and O–H groups in total. The average molecular weight is 240 g/mol. The predicted octanol–water partition coefficient (Wildman–Crippen LogP) is 3.47. The molecule has 0 atom stereocenters. The lowest BCUT2D eigenvalue weighted by atomic mass is 9.98. The molecular weight excluding hydrogens is 224 g/mol. The molecule has 4 heteroatoms. The van der Waals surface area contributed by atoms with E-state index in [-0.39, 0.29) is 6.10 Å². The monoisotopic (exact) mass is 240 g/mol. The summed E-state index contributed by atoms with van der Waals surface area (Å²) in [6.07, 6.45) is 5.96. The van der Waals surface area contributed by atoms with Crippen molar-refractivity contribution in [1.82, 2.24) is 0 Å². The fraction of sp³-hybridized carbons (Fsp3) is 0.583. The molecule has 1 aromatic rings. The van der Waals surface area contributed by atoms with Crippen LogP contribution in [0.25, 0.3) is 0 Å². The van der Waals surface area contributed by atoms with Crippen molar-refractivity contribution in [3.05, 3.63) is 15.8 Å². The Kier molecular flexibility index (Phi) is 3.49. The summed E-state index contributed by atoms with van der Waals surface area (Å²) in [4.78, 5) is 12.3. The highest BCUT2D eigenvalue weighted by molar-refractivity contribution is 7.14. The zero-order valence-electron chi connectivity index (χ0n) is 9.36. The van der Waals surface area contributed by atoms with Crippen molar-refractivity contribution in [2.75, 3.05) is 0 Å². The average Bonchev–Trinajstić information content (AvgIpc) is 2.61.